The molecule has 0 aliphatic heterocycles. The summed E-state index contributed by atoms with van der Waals surface area (Å²) in [5.41, 5.74) is -2.01. The summed E-state index contributed by atoms with van der Waals surface area (Å²) < 4.78 is 48.7. The summed E-state index contributed by atoms with van der Waals surface area (Å²) in [6, 6.07) is 12.3. The number of alkyl halides is 3. The van der Waals surface area contributed by atoms with Gasteiger partial charge in [0.25, 0.3) is 0 Å². The van der Waals surface area contributed by atoms with Gasteiger partial charge in [-0.2, -0.15) is 18.4 Å². The molecule has 0 spiro atoms. The number of hydrogen-bond acceptors (Lipinski definition) is 5. The van der Waals surface area contributed by atoms with E-state index in [0.29, 0.717) is 11.4 Å². The third-order valence-corrected chi connectivity index (χ3v) is 5.25. The van der Waals surface area contributed by atoms with Gasteiger partial charge in [-0.3, -0.25) is 9.59 Å². The van der Waals surface area contributed by atoms with E-state index in [4.69, 9.17) is 9.47 Å². The van der Waals surface area contributed by atoms with Crippen LogP contribution in [0.3, 0.4) is 0 Å². The summed E-state index contributed by atoms with van der Waals surface area (Å²) in [5, 5.41) is 12.5. The number of nitrogens with one attached hydrogen (secondary N) is 1. The Morgan fingerprint density at radius 1 is 1.13 bits per heavy atom. The van der Waals surface area contributed by atoms with Gasteiger partial charge in [0.15, 0.2) is 5.41 Å². The molecular formula is C22H19F3N2O4. The predicted molar refractivity (Wildman–Crippen MR) is 104 cm³/mol. The van der Waals surface area contributed by atoms with Crippen LogP contribution in [0.1, 0.15) is 24.0 Å². The Balaban J connectivity index is 1.93. The van der Waals surface area contributed by atoms with Crippen LogP contribution in [0.25, 0.3) is 0 Å². The van der Waals surface area contributed by atoms with Crippen LogP contribution in [0, 0.1) is 22.7 Å². The number of carbonyl (C=O) groups excluding carboxylic acids is 2. The quantitative estimate of drug-likeness (QED) is 0.694. The number of methoxy groups -OCH3 is 1. The minimum absolute atomic E-state index is 0.0384. The molecule has 1 fully saturated rings. The van der Waals surface area contributed by atoms with E-state index < -0.39 is 40.9 Å². The molecule has 1 saturated carbocycles. The molecule has 1 N–H and O–H groups in total. The first-order valence-corrected chi connectivity index (χ1v) is 9.39. The van der Waals surface area contributed by atoms with Crippen molar-refractivity contribution < 1.29 is 32.2 Å². The highest BCUT2D eigenvalue weighted by molar-refractivity contribution is 6.06. The number of nitriles is 1. The molecule has 9 heteroatoms. The van der Waals surface area contributed by atoms with Gasteiger partial charge in [0.2, 0.25) is 5.91 Å². The van der Waals surface area contributed by atoms with Gasteiger partial charge in [-0.15, -0.1) is 0 Å². The van der Waals surface area contributed by atoms with Crippen LogP contribution in [0.15, 0.2) is 48.5 Å². The zero-order chi connectivity index (χ0) is 22.8. The molecule has 0 unspecified atom stereocenters. The number of rotatable bonds is 6. The van der Waals surface area contributed by atoms with Crippen molar-refractivity contribution >= 4 is 17.6 Å². The van der Waals surface area contributed by atoms with E-state index in [1.165, 1.54) is 19.2 Å². The van der Waals surface area contributed by atoms with Crippen LogP contribution < -0.4 is 10.1 Å². The third-order valence-electron chi connectivity index (χ3n) is 5.25. The molecule has 1 amide bonds. The fraction of sp³-hybridized carbons (Fsp3) is 0.318. The zero-order valence-electron chi connectivity index (χ0n) is 16.7. The first-order valence-electron chi connectivity index (χ1n) is 9.39. The van der Waals surface area contributed by atoms with E-state index in [-0.39, 0.29) is 12.2 Å². The maximum absolute atomic E-state index is 13.1. The lowest BCUT2D eigenvalue weighted by Gasteiger charge is -2.12. The molecule has 31 heavy (non-hydrogen) atoms. The number of carbonyl (C=O) groups is 2. The fourth-order valence-electron chi connectivity index (χ4n) is 3.66. The molecule has 3 rings (SSSR count). The summed E-state index contributed by atoms with van der Waals surface area (Å²) in [6.45, 7) is 1.62. The van der Waals surface area contributed by atoms with Gasteiger partial charge in [0.1, 0.15) is 5.75 Å². The van der Waals surface area contributed by atoms with Gasteiger partial charge >= 0.3 is 12.1 Å². The minimum Gasteiger partial charge on any atom is -0.497 e. The highest BCUT2D eigenvalue weighted by Gasteiger charge is 2.75. The summed E-state index contributed by atoms with van der Waals surface area (Å²) in [7, 11) is 1.49. The van der Waals surface area contributed by atoms with Gasteiger partial charge in [-0.25, -0.2) is 0 Å². The van der Waals surface area contributed by atoms with Gasteiger partial charge in [-0.05, 0) is 48.9 Å². The minimum atomic E-state index is -4.53. The maximum atomic E-state index is 13.1. The molecule has 0 bridgehead atoms. The van der Waals surface area contributed by atoms with Crippen molar-refractivity contribution in [2.75, 3.05) is 19.0 Å². The van der Waals surface area contributed by atoms with Crippen molar-refractivity contribution in [3.8, 4) is 11.8 Å². The number of halogens is 3. The first kappa shape index (κ1) is 22.2. The van der Waals surface area contributed by atoms with Crippen molar-refractivity contribution in [3.63, 3.8) is 0 Å². The first-order chi connectivity index (χ1) is 14.7. The van der Waals surface area contributed by atoms with Crippen LogP contribution in [0.2, 0.25) is 0 Å². The average Bonchev–Trinajstić information content (AvgIpc) is 3.44. The predicted octanol–water partition coefficient (Wildman–Crippen LogP) is 4.14. The topological polar surface area (TPSA) is 88.4 Å². The molecule has 0 saturated heterocycles. The van der Waals surface area contributed by atoms with E-state index >= 15 is 0 Å². The number of benzene rings is 2. The second kappa shape index (κ2) is 8.30. The summed E-state index contributed by atoms with van der Waals surface area (Å²) in [5.74, 6) is -2.99. The van der Waals surface area contributed by atoms with Gasteiger partial charge in [0.05, 0.1) is 31.3 Å². The van der Waals surface area contributed by atoms with Crippen molar-refractivity contribution in [3.05, 3.63) is 59.7 Å². The lowest BCUT2D eigenvalue weighted by molar-refractivity contribution is -0.146. The van der Waals surface area contributed by atoms with E-state index in [1.54, 1.807) is 31.2 Å². The highest BCUT2D eigenvalue weighted by atomic mass is 19.4. The van der Waals surface area contributed by atoms with E-state index in [2.05, 4.69) is 5.32 Å². The summed E-state index contributed by atoms with van der Waals surface area (Å²) >= 11 is 0. The van der Waals surface area contributed by atoms with Crippen molar-refractivity contribution in [2.24, 2.45) is 11.3 Å². The summed E-state index contributed by atoms with van der Waals surface area (Å²) in [6.07, 6.45) is -4.53. The Bertz CT molecular complexity index is 1010. The molecule has 2 aromatic carbocycles. The lowest BCUT2D eigenvalue weighted by atomic mass is 9.98. The van der Waals surface area contributed by atoms with Gasteiger partial charge < -0.3 is 14.8 Å². The number of hydrogen-bond donors (Lipinski definition) is 1. The number of ether oxygens (including phenoxy) is 2. The number of anilines is 1. The maximum Gasteiger partial charge on any atom is 0.416 e. The van der Waals surface area contributed by atoms with Gasteiger partial charge in [-0.1, -0.05) is 12.1 Å². The largest absolute Gasteiger partial charge is 0.497 e. The molecule has 0 heterocycles. The van der Waals surface area contributed by atoms with Crippen molar-refractivity contribution in [2.45, 2.75) is 19.0 Å². The van der Waals surface area contributed by atoms with Gasteiger partial charge in [0, 0.05) is 11.6 Å². The Hall–Kier alpha value is -3.54. The highest BCUT2D eigenvalue weighted by Crippen LogP contribution is 2.65. The summed E-state index contributed by atoms with van der Waals surface area (Å²) in [4.78, 5) is 25.5. The van der Waals surface area contributed by atoms with E-state index in [9.17, 15) is 28.0 Å². The smallest absolute Gasteiger partial charge is 0.416 e. The van der Waals surface area contributed by atoms with Crippen LogP contribution in [-0.4, -0.2) is 25.6 Å². The second-order valence-corrected chi connectivity index (χ2v) is 6.99. The van der Waals surface area contributed by atoms with E-state index in [1.807, 2.05) is 6.07 Å². The zero-order valence-corrected chi connectivity index (χ0v) is 16.7. The number of esters is 1. The SMILES string of the molecule is CCOC(=O)[C@H]1[C@@H](c2ccc(C(F)(F)F)cc2)[C@]1(C#N)C(=O)Nc1ccc(OC)cc1. The van der Waals surface area contributed by atoms with Crippen LogP contribution >= 0.6 is 0 Å². The van der Waals surface area contributed by atoms with Crippen LogP contribution in [0.4, 0.5) is 18.9 Å². The van der Waals surface area contributed by atoms with Crippen LogP contribution in [-0.2, 0) is 20.5 Å². The fourth-order valence-corrected chi connectivity index (χ4v) is 3.66. The molecule has 162 valence electrons. The number of nitrogens with zero attached hydrogens (tertiary/aromatic N) is 1. The number of amides is 1. The Morgan fingerprint density at radius 3 is 2.23 bits per heavy atom. The molecule has 6 nitrogen and oxygen atoms in total. The Labute approximate surface area is 176 Å². The Morgan fingerprint density at radius 2 is 1.74 bits per heavy atom. The Kier molecular flexibility index (Phi) is 5.93. The second-order valence-electron chi connectivity index (χ2n) is 6.99. The van der Waals surface area contributed by atoms with E-state index in [0.717, 1.165) is 12.1 Å². The van der Waals surface area contributed by atoms with Crippen molar-refractivity contribution in [1.82, 2.24) is 0 Å². The molecular weight excluding hydrogens is 413 g/mol. The third kappa shape index (κ3) is 4.06. The monoisotopic (exact) mass is 432 g/mol. The molecule has 2 aromatic rings. The average molecular weight is 432 g/mol. The molecule has 0 radical (unpaired) electrons. The van der Waals surface area contributed by atoms with Crippen molar-refractivity contribution in [1.29, 1.82) is 5.26 Å². The lowest BCUT2D eigenvalue weighted by Crippen LogP contribution is -2.28. The molecule has 1 aliphatic rings. The normalized spacial score (nSPS) is 22.2. The standard InChI is InChI=1S/C22H19F3N2O4/c1-3-31-19(28)18-17(13-4-6-14(7-5-13)22(23,24)25)21(18,12-26)20(29)27-15-8-10-16(30-2)11-9-15/h4-11,17-18H,3H2,1-2H3,(H,27,29)/t17-,18-,21+/m1/s1. The molecule has 1 aliphatic carbocycles. The molecule has 0 aromatic heterocycles. The van der Waals surface area contributed by atoms with Crippen LogP contribution in [0.5, 0.6) is 5.75 Å². The molecule has 3 atom stereocenters.